The number of anilines is 1. The standard InChI is InChI=1S/C27H28FN7O3/c1-2-11-33-24-22(26(37)35(27(33)38)20-8-9-20)31-23(32-24)17-6-10-21(30-13-17)34(15-16-3-4-16)25(36)18-5-7-19(12-28)29-14-18/h5-7,10,13-14,16,20H,2-4,8-9,11-12,15H2,1H3,(H,31,32). The largest absolute Gasteiger partial charge is 0.333 e. The lowest BCUT2D eigenvalue weighted by Crippen LogP contribution is -2.39. The van der Waals surface area contributed by atoms with Crippen molar-refractivity contribution in [1.82, 2.24) is 29.1 Å². The quantitative estimate of drug-likeness (QED) is 0.362. The summed E-state index contributed by atoms with van der Waals surface area (Å²) in [6, 6.07) is 6.58. The highest BCUT2D eigenvalue weighted by Crippen LogP contribution is 2.33. The maximum atomic E-state index is 13.3. The lowest BCUT2D eigenvalue weighted by molar-refractivity contribution is 0.0984. The fraction of sp³-hybridized carbons (Fsp3) is 0.407. The summed E-state index contributed by atoms with van der Waals surface area (Å²) in [7, 11) is 0. The first kappa shape index (κ1) is 24.2. The number of carbonyl (C=O) groups is 1. The Hall–Kier alpha value is -4.15. The number of nitrogens with zero attached hydrogens (tertiary/aromatic N) is 6. The number of rotatable bonds is 9. The predicted octanol–water partition coefficient (Wildman–Crippen LogP) is 3.61. The average molecular weight is 518 g/mol. The predicted molar refractivity (Wildman–Crippen MR) is 140 cm³/mol. The molecule has 2 fully saturated rings. The second-order valence-corrected chi connectivity index (χ2v) is 10.1. The number of alkyl halides is 1. The van der Waals surface area contributed by atoms with Crippen molar-refractivity contribution in [2.24, 2.45) is 5.92 Å². The number of aromatic nitrogens is 6. The number of fused-ring (bicyclic) bond motifs is 1. The Balaban J connectivity index is 1.34. The first-order valence-electron chi connectivity index (χ1n) is 13.0. The number of hydrogen-bond acceptors (Lipinski definition) is 6. The van der Waals surface area contributed by atoms with E-state index < -0.39 is 6.67 Å². The van der Waals surface area contributed by atoms with E-state index in [1.807, 2.05) is 6.92 Å². The van der Waals surface area contributed by atoms with Crippen molar-refractivity contribution in [3.63, 3.8) is 0 Å². The molecule has 2 saturated carbocycles. The Bertz CT molecular complexity index is 1610. The summed E-state index contributed by atoms with van der Waals surface area (Å²) in [5.74, 6) is 1.08. The molecule has 10 nitrogen and oxygen atoms in total. The number of aromatic amines is 1. The lowest BCUT2D eigenvalue weighted by Gasteiger charge is -2.22. The van der Waals surface area contributed by atoms with Gasteiger partial charge < -0.3 is 4.98 Å². The Kier molecular flexibility index (Phi) is 6.13. The first-order valence-corrected chi connectivity index (χ1v) is 13.0. The van der Waals surface area contributed by atoms with Gasteiger partial charge in [-0.25, -0.2) is 19.2 Å². The van der Waals surface area contributed by atoms with E-state index in [0.29, 0.717) is 52.9 Å². The highest BCUT2D eigenvalue weighted by atomic mass is 19.1. The SMILES string of the molecule is CCCn1c(=O)n(C2CC2)c(=O)c2[nH]c(-c3ccc(N(CC4CC4)C(=O)c4ccc(CF)nc4)nc3)nc21. The van der Waals surface area contributed by atoms with Crippen LogP contribution in [0.1, 0.15) is 61.1 Å². The fourth-order valence-corrected chi connectivity index (χ4v) is 4.66. The summed E-state index contributed by atoms with van der Waals surface area (Å²) in [6.45, 7) is 2.28. The van der Waals surface area contributed by atoms with E-state index in [0.717, 1.165) is 32.1 Å². The molecule has 6 rings (SSSR count). The van der Waals surface area contributed by atoms with Crippen molar-refractivity contribution in [3.05, 3.63) is 68.8 Å². The number of nitrogens with one attached hydrogen (secondary N) is 1. The van der Waals surface area contributed by atoms with Crippen LogP contribution in [0.5, 0.6) is 0 Å². The zero-order valence-electron chi connectivity index (χ0n) is 21.1. The van der Waals surface area contributed by atoms with Crippen molar-refractivity contribution in [2.45, 2.75) is 58.3 Å². The third-order valence-corrected chi connectivity index (χ3v) is 7.06. The molecule has 0 bridgehead atoms. The summed E-state index contributed by atoms with van der Waals surface area (Å²) in [5.41, 5.74) is 1.25. The molecule has 0 unspecified atom stereocenters. The van der Waals surface area contributed by atoms with E-state index in [4.69, 9.17) is 0 Å². The molecule has 0 saturated heterocycles. The Morgan fingerprint density at radius 3 is 2.53 bits per heavy atom. The Labute approximate surface area is 217 Å². The Morgan fingerprint density at radius 2 is 1.92 bits per heavy atom. The van der Waals surface area contributed by atoms with Crippen molar-refractivity contribution in [2.75, 3.05) is 11.4 Å². The first-order chi connectivity index (χ1) is 18.5. The van der Waals surface area contributed by atoms with Gasteiger partial charge >= 0.3 is 5.69 Å². The number of amides is 1. The zero-order valence-corrected chi connectivity index (χ0v) is 21.1. The molecule has 4 aromatic rings. The molecule has 11 heteroatoms. The van der Waals surface area contributed by atoms with E-state index in [-0.39, 0.29) is 28.9 Å². The topological polar surface area (TPSA) is 119 Å². The maximum Gasteiger partial charge on any atom is 0.333 e. The molecule has 4 heterocycles. The van der Waals surface area contributed by atoms with Crippen molar-refractivity contribution in [3.8, 4) is 11.4 Å². The van der Waals surface area contributed by atoms with Crippen molar-refractivity contribution >= 4 is 22.9 Å². The number of aryl methyl sites for hydroxylation is 1. The summed E-state index contributed by atoms with van der Waals surface area (Å²) in [6.07, 6.45) is 7.48. The molecular weight excluding hydrogens is 489 g/mol. The van der Waals surface area contributed by atoms with E-state index in [9.17, 15) is 18.8 Å². The highest BCUT2D eigenvalue weighted by molar-refractivity contribution is 6.05. The number of H-pyrrole nitrogens is 1. The number of pyridine rings is 2. The number of hydrogen-bond donors (Lipinski definition) is 1. The monoisotopic (exact) mass is 517 g/mol. The maximum absolute atomic E-state index is 13.3. The van der Waals surface area contributed by atoms with Gasteiger partial charge in [-0.15, -0.1) is 0 Å². The molecule has 1 N–H and O–H groups in total. The molecule has 2 aliphatic rings. The molecule has 0 atom stereocenters. The van der Waals surface area contributed by atoms with Crippen LogP contribution in [0.3, 0.4) is 0 Å². The van der Waals surface area contributed by atoms with Gasteiger partial charge in [-0.1, -0.05) is 6.92 Å². The van der Waals surface area contributed by atoms with Crippen LogP contribution in [0.2, 0.25) is 0 Å². The number of carbonyl (C=O) groups excluding carboxylic acids is 1. The zero-order chi connectivity index (χ0) is 26.4. The van der Waals surface area contributed by atoms with Crippen LogP contribution in [0.15, 0.2) is 46.2 Å². The highest BCUT2D eigenvalue weighted by Gasteiger charge is 2.31. The van der Waals surface area contributed by atoms with Crippen LogP contribution in [-0.4, -0.2) is 41.5 Å². The molecule has 0 radical (unpaired) electrons. The van der Waals surface area contributed by atoms with Crippen LogP contribution in [0.4, 0.5) is 10.2 Å². The molecule has 1 amide bonds. The van der Waals surface area contributed by atoms with Gasteiger partial charge in [0.1, 0.15) is 23.8 Å². The number of imidazole rings is 1. The van der Waals surface area contributed by atoms with E-state index in [1.54, 1.807) is 33.9 Å². The van der Waals surface area contributed by atoms with Gasteiger partial charge in [-0.05, 0) is 62.3 Å². The van der Waals surface area contributed by atoms with Gasteiger partial charge in [-0.2, -0.15) is 0 Å². The second-order valence-electron chi connectivity index (χ2n) is 10.1. The van der Waals surface area contributed by atoms with Gasteiger partial charge in [-0.3, -0.25) is 28.6 Å². The third kappa shape index (κ3) is 4.42. The van der Waals surface area contributed by atoms with Crippen LogP contribution >= 0.6 is 0 Å². The molecule has 0 aliphatic heterocycles. The van der Waals surface area contributed by atoms with Crippen LogP contribution < -0.4 is 16.1 Å². The minimum Gasteiger partial charge on any atom is -0.332 e. The average Bonchev–Trinajstić information content (AvgIpc) is 3.88. The van der Waals surface area contributed by atoms with Crippen molar-refractivity contribution < 1.29 is 9.18 Å². The van der Waals surface area contributed by atoms with E-state index in [2.05, 4.69) is 19.9 Å². The summed E-state index contributed by atoms with van der Waals surface area (Å²) in [5, 5.41) is 0. The normalized spacial score (nSPS) is 15.2. The third-order valence-electron chi connectivity index (χ3n) is 7.06. The van der Waals surface area contributed by atoms with Gasteiger partial charge in [0.15, 0.2) is 5.65 Å². The molecule has 196 valence electrons. The number of halogens is 1. The molecule has 2 aliphatic carbocycles. The second kappa shape index (κ2) is 9.62. The molecular formula is C27H28FN7O3. The fourth-order valence-electron chi connectivity index (χ4n) is 4.66. The summed E-state index contributed by atoms with van der Waals surface area (Å²) < 4.78 is 15.8. The van der Waals surface area contributed by atoms with Gasteiger partial charge in [0.05, 0.1) is 11.3 Å². The van der Waals surface area contributed by atoms with Gasteiger partial charge in [0.25, 0.3) is 11.5 Å². The lowest BCUT2D eigenvalue weighted by atomic mass is 10.2. The Morgan fingerprint density at radius 1 is 1.11 bits per heavy atom. The molecule has 0 spiro atoms. The van der Waals surface area contributed by atoms with E-state index in [1.165, 1.54) is 16.8 Å². The van der Waals surface area contributed by atoms with Crippen molar-refractivity contribution in [1.29, 1.82) is 0 Å². The summed E-state index contributed by atoms with van der Waals surface area (Å²) in [4.78, 5) is 57.4. The minimum absolute atomic E-state index is 0.0476. The summed E-state index contributed by atoms with van der Waals surface area (Å²) >= 11 is 0. The molecule has 38 heavy (non-hydrogen) atoms. The molecule has 4 aromatic heterocycles. The van der Waals surface area contributed by atoms with Crippen LogP contribution in [0.25, 0.3) is 22.6 Å². The smallest absolute Gasteiger partial charge is 0.332 e. The van der Waals surface area contributed by atoms with E-state index >= 15 is 0 Å². The van der Waals surface area contributed by atoms with Crippen LogP contribution in [0, 0.1) is 5.92 Å². The van der Waals surface area contributed by atoms with Crippen LogP contribution in [-0.2, 0) is 13.2 Å². The molecule has 0 aromatic carbocycles. The minimum atomic E-state index is -0.686. The van der Waals surface area contributed by atoms with Gasteiger partial charge in [0.2, 0.25) is 0 Å². The van der Waals surface area contributed by atoms with Gasteiger partial charge in [0, 0.05) is 37.1 Å².